The van der Waals surface area contributed by atoms with E-state index in [2.05, 4.69) is 35.4 Å². The summed E-state index contributed by atoms with van der Waals surface area (Å²) in [6.07, 6.45) is 3.27. The number of nitrogens with one attached hydrogen (secondary N) is 2. The average molecular weight is 394 g/mol. The van der Waals surface area contributed by atoms with Gasteiger partial charge in [-0.25, -0.2) is 0 Å². The first-order valence-corrected chi connectivity index (χ1v) is 9.96. The van der Waals surface area contributed by atoms with Gasteiger partial charge in [-0.15, -0.1) is 0 Å². The molecule has 0 bridgehead atoms. The molecule has 3 aromatic rings. The molecule has 2 aromatic carbocycles. The number of carbonyl (C=O) groups excluding carboxylic acids is 1. The first-order valence-electron chi connectivity index (χ1n) is 9.96. The molecular weight excluding hydrogens is 368 g/mol. The van der Waals surface area contributed by atoms with E-state index in [-0.39, 0.29) is 18.6 Å². The molecule has 0 aliphatic carbocycles. The Kier molecular flexibility index (Phi) is 5.71. The van der Waals surface area contributed by atoms with Gasteiger partial charge < -0.3 is 24.5 Å². The number of rotatable bonds is 8. The van der Waals surface area contributed by atoms with Crippen molar-refractivity contribution in [3.8, 4) is 11.5 Å². The fourth-order valence-corrected chi connectivity index (χ4v) is 3.99. The molecule has 2 N–H and O–H groups in total. The maximum absolute atomic E-state index is 12.7. The average Bonchev–Trinajstić information content (AvgIpc) is 3.39. The maximum atomic E-state index is 12.7. The Bertz CT molecular complexity index is 1010. The largest absolute Gasteiger partial charge is 0.454 e. The monoisotopic (exact) mass is 394 g/mol. The lowest BCUT2D eigenvalue weighted by Gasteiger charge is -2.19. The standard InChI is InChI=1S/C23H26N2O4/c1-3-15-6-4-7-16-19(13-25-22(15)16)18(12-21(26)24-10-11-27-2)17-8-5-9-20-23(17)29-14-28-20/h4-9,13,18,25H,3,10-12,14H2,1-2H3,(H,24,26)/t18-/m1/s1. The van der Waals surface area contributed by atoms with Crippen molar-refractivity contribution in [2.75, 3.05) is 27.1 Å². The van der Waals surface area contributed by atoms with Crippen LogP contribution >= 0.6 is 0 Å². The highest BCUT2D eigenvalue weighted by atomic mass is 16.7. The number of methoxy groups -OCH3 is 1. The predicted octanol–water partition coefficient (Wildman–Crippen LogP) is 3.74. The Morgan fingerprint density at radius 2 is 2.07 bits per heavy atom. The Morgan fingerprint density at radius 3 is 2.90 bits per heavy atom. The summed E-state index contributed by atoms with van der Waals surface area (Å²) in [6.45, 7) is 3.32. The smallest absolute Gasteiger partial charge is 0.231 e. The van der Waals surface area contributed by atoms with Crippen LogP contribution in [0.1, 0.15) is 36.0 Å². The third kappa shape index (κ3) is 3.80. The van der Waals surface area contributed by atoms with Gasteiger partial charge >= 0.3 is 0 Å². The summed E-state index contributed by atoms with van der Waals surface area (Å²) in [7, 11) is 1.62. The maximum Gasteiger partial charge on any atom is 0.231 e. The second kappa shape index (κ2) is 8.57. The number of hydrogen-bond acceptors (Lipinski definition) is 4. The van der Waals surface area contributed by atoms with Gasteiger partial charge in [0.25, 0.3) is 0 Å². The van der Waals surface area contributed by atoms with Crippen molar-refractivity contribution < 1.29 is 19.0 Å². The van der Waals surface area contributed by atoms with Crippen molar-refractivity contribution >= 4 is 16.8 Å². The highest BCUT2D eigenvalue weighted by Crippen LogP contribution is 2.44. The summed E-state index contributed by atoms with van der Waals surface area (Å²) >= 11 is 0. The summed E-state index contributed by atoms with van der Waals surface area (Å²) in [4.78, 5) is 16.1. The van der Waals surface area contributed by atoms with Crippen LogP contribution in [0.4, 0.5) is 0 Å². The quantitative estimate of drug-likeness (QED) is 0.571. The van der Waals surface area contributed by atoms with Gasteiger partial charge in [0.2, 0.25) is 12.7 Å². The van der Waals surface area contributed by atoms with Gasteiger partial charge in [0.1, 0.15) is 0 Å². The fourth-order valence-electron chi connectivity index (χ4n) is 3.99. The molecule has 6 heteroatoms. The van der Waals surface area contributed by atoms with E-state index in [1.807, 2.05) is 24.4 Å². The van der Waals surface area contributed by atoms with Crippen LogP contribution < -0.4 is 14.8 Å². The third-order valence-corrected chi connectivity index (χ3v) is 5.41. The molecule has 1 aliphatic rings. The molecule has 0 fully saturated rings. The number of para-hydroxylation sites is 2. The van der Waals surface area contributed by atoms with E-state index in [0.29, 0.717) is 19.6 Å². The third-order valence-electron chi connectivity index (χ3n) is 5.41. The summed E-state index contributed by atoms with van der Waals surface area (Å²) < 4.78 is 16.4. The minimum Gasteiger partial charge on any atom is -0.454 e. The van der Waals surface area contributed by atoms with Crippen LogP contribution in [0.15, 0.2) is 42.6 Å². The normalized spacial score (nSPS) is 13.6. The van der Waals surface area contributed by atoms with Gasteiger partial charge in [0.15, 0.2) is 11.5 Å². The van der Waals surface area contributed by atoms with Crippen LogP contribution in [0.3, 0.4) is 0 Å². The molecular formula is C23H26N2O4. The van der Waals surface area contributed by atoms with Crippen molar-refractivity contribution in [3.63, 3.8) is 0 Å². The van der Waals surface area contributed by atoms with Crippen LogP contribution in [0.25, 0.3) is 10.9 Å². The molecule has 0 saturated heterocycles. The number of aryl methyl sites for hydroxylation is 1. The lowest BCUT2D eigenvalue weighted by molar-refractivity contribution is -0.121. The Hall–Kier alpha value is -2.99. The molecule has 1 aromatic heterocycles. The number of aromatic amines is 1. The molecule has 0 saturated carbocycles. The number of fused-ring (bicyclic) bond motifs is 2. The van der Waals surface area contributed by atoms with Crippen LogP contribution in [0, 0.1) is 0 Å². The second-order valence-electron chi connectivity index (χ2n) is 7.12. The number of aromatic nitrogens is 1. The molecule has 0 spiro atoms. The lowest BCUT2D eigenvalue weighted by atomic mass is 9.86. The van der Waals surface area contributed by atoms with Gasteiger partial charge in [0.05, 0.1) is 6.61 Å². The number of benzene rings is 2. The molecule has 1 aliphatic heterocycles. The molecule has 1 atom stereocenters. The number of hydrogen-bond donors (Lipinski definition) is 2. The van der Waals surface area contributed by atoms with E-state index in [0.717, 1.165) is 39.9 Å². The SMILES string of the molecule is CCc1cccc2c([C@H](CC(=O)NCCOC)c3cccc4c3OCO4)c[nH]c12. The summed E-state index contributed by atoms with van der Waals surface area (Å²) in [5, 5.41) is 4.07. The van der Waals surface area contributed by atoms with E-state index < -0.39 is 0 Å². The molecule has 2 heterocycles. The molecule has 6 nitrogen and oxygen atoms in total. The van der Waals surface area contributed by atoms with E-state index in [1.165, 1.54) is 5.56 Å². The van der Waals surface area contributed by atoms with E-state index in [4.69, 9.17) is 14.2 Å². The molecule has 4 rings (SSSR count). The fraction of sp³-hybridized carbons (Fsp3) is 0.348. The van der Waals surface area contributed by atoms with Crippen molar-refractivity contribution in [2.45, 2.75) is 25.7 Å². The Labute approximate surface area is 170 Å². The minimum atomic E-state index is -0.157. The predicted molar refractivity (Wildman–Crippen MR) is 112 cm³/mol. The van der Waals surface area contributed by atoms with E-state index >= 15 is 0 Å². The summed E-state index contributed by atoms with van der Waals surface area (Å²) in [6, 6.07) is 12.2. The zero-order valence-electron chi connectivity index (χ0n) is 16.8. The molecule has 0 radical (unpaired) electrons. The lowest BCUT2D eigenvalue weighted by Crippen LogP contribution is -2.28. The topological polar surface area (TPSA) is 72.6 Å². The van der Waals surface area contributed by atoms with E-state index in [9.17, 15) is 4.79 Å². The first kappa shape index (κ1) is 19.3. The van der Waals surface area contributed by atoms with Crippen molar-refractivity contribution in [3.05, 3.63) is 59.3 Å². The Morgan fingerprint density at radius 1 is 1.21 bits per heavy atom. The number of carbonyl (C=O) groups is 1. The Balaban J connectivity index is 1.75. The molecule has 0 unspecified atom stereocenters. The number of amides is 1. The van der Waals surface area contributed by atoms with Crippen molar-refractivity contribution in [2.24, 2.45) is 0 Å². The van der Waals surface area contributed by atoms with Crippen LogP contribution in [0.5, 0.6) is 11.5 Å². The van der Waals surface area contributed by atoms with Gasteiger partial charge in [0, 0.05) is 48.7 Å². The van der Waals surface area contributed by atoms with Gasteiger partial charge in [-0.1, -0.05) is 37.3 Å². The van der Waals surface area contributed by atoms with Crippen LogP contribution in [0.2, 0.25) is 0 Å². The zero-order valence-corrected chi connectivity index (χ0v) is 16.8. The van der Waals surface area contributed by atoms with Crippen LogP contribution in [-0.4, -0.2) is 37.9 Å². The zero-order chi connectivity index (χ0) is 20.2. The molecule has 29 heavy (non-hydrogen) atoms. The van der Waals surface area contributed by atoms with E-state index in [1.54, 1.807) is 7.11 Å². The highest BCUT2D eigenvalue weighted by Gasteiger charge is 2.28. The van der Waals surface area contributed by atoms with Crippen molar-refractivity contribution in [1.82, 2.24) is 10.3 Å². The van der Waals surface area contributed by atoms with Crippen LogP contribution in [-0.2, 0) is 16.0 Å². The number of ether oxygens (including phenoxy) is 3. The van der Waals surface area contributed by atoms with Crippen molar-refractivity contribution in [1.29, 1.82) is 0 Å². The van der Waals surface area contributed by atoms with Gasteiger partial charge in [-0.05, 0) is 23.6 Å². The van der Waals surface area contributed by atoms with Gasteiger partial charge in [-0.3, -0.25) is 4.79 Å². The second-order valence-corrected chi connectivity index (χ2v) is 7.12. The highest BCUT2D eigenvalue weighted by molar-refractivity contribution is 5.88. The summed E-state index contributed by atoms with van der Waals surface area (Å²) in [5.74, 6) is 1.27. The van der Waals surface area contributed by atoms with Gasteiger partial charge in [-0.2, -0.15) is 0 Å². The first-order chi connectivity index (χ1) is 14.2. The number of H-pyrrole nitrogens is 1. The minimum absolute atomic E-state index is 0.0236. The summed E-state index contributed by atoms with van der Waals surface area (Å²) in [5.41, 5.74) is 4.43. The molecule has 1 amide bonds. The molecule has 152 valence electrons.